The van der Waals surface area contributed by atoms with Crippen molar-refractivity contribution < 1.29 is 4.79 Å². The number of carbonyl (C=O) groups is 1. The zero-order chi connectivity index (χ0) is 17.5. The first kappa shape index (κ1) is 18.4. The molecule has 1 aromatic carbocycles. The second kappa shape index (κ2) is 9.38. The van der Waals surface area contributed by atoms with Gasteiger partial charge in [0.1, 0.15) is 0 Å². The number of hydrogen-bond donors (Lipinski definition) is 0. The number of likely N-dealkylation sites (tertiary alicyclic amines) is 1. The van der Waals surface area contributed by atoms with E-state index in [0.29, 0.717) is 12.3 Å². The van der Waals surface area contributed by atoms with Gasteiger partial charge in [-0.15, -0.1) is 0 Å². The van der Waals surface area contributed by atoms with Gasteiger partial charge >= 0.3 is 0 Å². The number of aryl methyl sites for hydroxylation is 2. The minimum Gasteiger partial charge on any atom is -0.312 e. The first-order valence-electron chi connectivity index (χ1n) is 10.4. The topological polar surface area (TPSA) is 23.6 Å². The van der Waals surface area contributed by atoms with Gasteiger partial charge in [0.15, 0.2) is 0 Å². The van der Waals surface area contributed by atoms with Crippen molar-refractivity contribution in [3.63, 3.8) is 0 Å². The van der Waals surface area contributed by atoms with Crippen LogP contribution in [-0.4, -0.2) is 37.0 Å². The summed E-state index contributed by atoms with van der Waals surface area (Å²) in [5, 5.41) is 0. The Balaban J connectivity index is 1.34. The molecule has 0 aromatic heterocycles. The second-order valence-electron chi connectivity index (χ2n) is 7.85. The lowest BCUT2D eigenvalue weighted by Gasteiger charge is -2.29. The van der Waals surface area contributed by atoms with Crippen LogP contribution in [0.25, 0.3) is 0 Å². The van der Waals surface area contributed by atoms with Crippen molar-refractivity contribution in [3.8, 4) is 0 Å². The van der Waals surface area contributed by atoms with Crippen LogP contribution >= 0.6 is 0 Å². The van der Waals surface area contributed by atoms with E-state index in [9.17, 15) is 4.79 Å². The van der Waals surface area contributed by atoms with Crippen molar-refractivity contribution in [1.29, 1.82) is 0 Å². The predicted octanol–water partition coefficient (Wildman–Crippen LogP) is 4.71. The fraction of sp³-hybridized carbons (Fsp3) is 0.682. The zero-order valence-corrected chi connectivity index (χ0v) is 15.9. The molecule has 0 bridgehead atoms. The van der Waals surface area contributed by atoms with Gasteiger partial charge in [-0.05, 0) is 70.3 Å². The molecule has 1 fully saturated rings. The van der Waals surface area contributed by atoms with Gasteiger partial charge in [-0.25, -0.2) is 0 Å². The molecule has 3 rings (SSSR count). The number of carbonyl (C=O) groups excluding carboxylic acids is 1. The van der Waals surface area contributed by atoms with Crippen LogP contribution in [0.15, 0.2) is 18.2 Å². The van der Waals surface area contributed by atoms with E-state index in [1.807, 2.05) is 4.90 Å². The summed E-state index contributed by atoms with van der Waals surface area (Å²) >= 11 is 0. The molecule has 0 spiro atoms. The molecular weight excluding hydrogens is 308 g/mol. The SMILES string of the molecule is Cc1ccc2c(c1)CCC(=O)N2CCCCCCCN1CCCCC1. The van der Waals surface area contributed by atoms with E-state index in [1.165, 1.54) is 75.7 Å². The molecule has 25 heavy (non-hydrogen) atoms. The van der Waals surface area contributed by atoms with Gasteiger partial charge < -0.3 is 9.80 Å². The molecule has 2 heterocycles. The standard InChI is InChI=1S/C22H34N2O/c1-19-10-12-21-20(18-19)11-13-22(25)24(21)17-9-4-2-3-6-14-23-15-7-5-8-16-23/h10,12,18H,2-9,11,13-17H2,1H3. The minimum absolute atomic E-state index is 0.307. The van der Waals surface area contributed by atoms with Crippen molar-refractivity contribution in [1.82, 2.24) is 4.90 Å². The van der Waals surface area contributed by atoms with E-state index in [2.05, 4.69) is 30.0 Å². The quantitative estimate of drug-likeness (QED) is 0.639. The Morgan fingerprint density at radius 3 is 2.40 bits per heavy atom. The summed E-state index contributed by atoms with van der Waals surface area (Å²) in [4.78, 5) is 17.0. The average molecular weight is 343 g/mol. The predicted molar refractivity (Wildman–Crippen MR) is 105 cm³/mol. The zero-order valence-electron chi connectivity index (χ0n) is 15.9. The number of nitrogens with zero attached hydrogens (tertiary/aromatic N) is 2. The summed E-state index contributed by atoms with van der Waals surface area (Å²) in [6, 6.07) is 6.51. The number of anilines is 1. The van der Waals surface area contributed by atoms with E-state index in [4.69, 9.17) is 0 Å². The Morgan fingerprint density at radius 1 is 0.880 bits per heavy atom. The van der Waals surface area contributed by atoms with Crippen LogP contribution in [-0.2, 0) is 11.2 Å². The fourth-order valence-electron chi connectivity index (χ4n) is 4.25. The van der Waals surface area contributed by atoms with E-state index in [-0.39, 0.29) is 0 Å². The first-order valence-corrected chi connectivity index (χ1v) is 10.4. The number of piperidine rings is 1. The molecule has 3 nitrogen and oxygen atoms in total. The van der Waals surface area contributed by atoms with E-state index in [0.717, 1.165) is 25.1 Å². The van der Waals surface area contributed by atoms with Gasteiger partial charge in [0.2, 0.25) is 5.91 Å². The molecule has 0 atom stereocenters. The summed E-state index contributed by atoms with van der Waals surface area (Å²) in [6.07, 6.45) is 12.1. The van der Waals surface area contributed by atoms with Gasteiger partial charge in [0.05, 0.1) is 0 Å². The van der Waals surface area contributed by atoms with Crippen LogP contribution < -0.4 is 4.90 Å². The lowest BCUT2D eigenvalue weighted by molar-refractivity contribution is -0.118. The summed E-state index contributed by atoms with van der Waals surface area (Å²) in [7, 11) is 0. The highest BCUT2D eigenvalue weighted by Gasteiger charge is 2.23. The summed E-state index contributed by atoms with van der Waals surface area (Å²) in [5.74, 6) is 0.307. The Labute approximate surface area is 153 Å². The molecule has 2 aliphatic heterocycles. The highest BCUT2D eigenvalue weighted by molar-refractivity contribution is 5.96. The van der Waals surface area contributed by atoms with Crippen molar-refractivity contribution in [2.24, 2.45) is 0 Å². The molecule has 1 aromatic rings. The maximum atomic E-state index is 12.3. The monoisotopic (exact) mass is 342 g/mol. The fourth-order valence-corrected chi connectivity index (χ4v) is 4.25. The number of rotatable bonds is 8. The maximum absolute atomic E-state index is 12.3. The number of amides is 1. The van der Waals surface area contributed by atoms with Crippen LogP contribution in [0.5, 0.6) is 0 Å². The third kappa shape index (κ3) is 5.31. The van der Waals surface area contributed by atoms with Crippen LogP contribution in [0, 0.1) is 6.92 Å². The molecular formula is C22H34N2O. The normalized spacial score (nSPS) is 18.4. The van der Waals surface area contributed by atoms with Crippen molar-refractivity contribution in [2.45, 2.75) is 71.1 Å². The van der Waals surface area contributed by atoms with Crippen LogP contribution in [0.3, 0.4) is 0 Å². The Hall–Kier alpha value is -1.35. The van der Waals surface area contributed by atoms with Crippen LogP contribution in [0.2, 0.25) is 0 Å². The number of hydrogen-bond acceptors (Lipinski definition) is 2. The highest BCUT2D eigenvalue weighted by atomic mass is 16.2. The Morgan fingerprint density at radius 2 is 1.60 bits per heavy atom. The third-order valence-electron chi connectivity index (χ3n) is 5.74. The summed E-state index contributed by atoms with van der Waals surface area (Å²) in [6.45, 7) is 6.94. The molecule has 1 saturated heterocycles. The lowest BCUT2D eigenvalue weighted by Crippen LogP contribution is -2.35. The minimum atomic E-state index is 0.307. The molecule has 0 unspecified atom stereocenters. The number of fused-ring (bicyclic) bond motifs is 1. The van der Waals surface area contributed by atoms with E-state index < -0.39 is 0 Å². The molecule has 3 heteroatoms. The van der Waals surface area contributed by atoms with Crippen molar-refractivity contribution in [2.75, 3.05) is 31.1 Å². The molecule has 0 radical (unpaired) electrons. The van der Waals surface area contributed by atoms with Crippen molar-refractivity contribution in [3.05, 3.63) is 29.3 Å². The smallest absolute Gasteiger partial charge is 0.227 e. The van der Waals surface area contributed by atoms with Gasteiger partial charge in [-0.1, -0.05) is 43.4 Å². The third-order valence-corrected chi connectivity index (χ3v) is 5.74. The van der Waals surface area contributed by atoms with E-state index >= 15 is 0 Å². The van der Waals surface area contributed by atoms with Crippen LogP contribution in [0.1, 0.15) is 68.9 Å². The van der Waals surface area contributed by atoms with E-state index in [1.54, 1.807) is 0 Å². The number of unbranched alkanes of at least 4 members (excludes halogenated alkanes) is 4. The first-order chi connectivity index (χ1) is 12.2. The van der Waals surface area contributed by atoms with Crippen LogP contribution in [0.4, 0.5) is 5.69 Å². The maximum Gasteiger partial charge on any atom is 0.227 e. The highest BCUT2D eigenvalue weighted by Crippen LogP contribution is 2.29. The molecule has 1 amide bonds. The van der Waals surface area contributed by atoms with Gasteiger partial charge in [-0.2, -0.15) is 0 Å². The summed E-state index contributed by atoms with van der Waals surface area (Å²) in [5.41, 5.74) is 3.80. The molecule has 0 aliphatic carbocycles. The van der Waals surface area contributed by atoms with Gasteiger partial charge in [0, 0.05) is 18.7 Å². The lowest BCUT2D eigenvalue weighted by atomic mass is 9.98. The molecule has 0 N–H and O–H groups in total. The van der Waals surface area contributed by atoms with Gasteiger partial charge in [0.25, 0.3) is 0 Å². The summed E-state index contributed by atoms with van der Waals surface area (Å²) < 4.78 is 0. The molecule has 138 valence electrons. The second-order valence-corrected chi connectivity index (χ2v) is 7.85. The number of benzene rings is 1. The van der Waals surface area contributed by atoms with Gasteiger partial charge in [-0.3, -0.25) is 4.79 Å². The largest absolute Gasteiger partial charge is 0.312 e. The Bertz CT molecular complexity index is 563. The molecule has 2 aliphatic rings. The Kier molecular flexibility index (Phi) is 6.92. The molecule has 0 saturated carbocycles. The van der Waals surface area contributed by atoms with Crippen molar-refractivity contribution >= 4 is 11.6 Å². The average Bonchev–Trinajstić information content (AvgIpc) is 2.63.